The van der Waals surface area contributed by atoms with Crippen molar-refractivity contribution in [2.75, 3.05) is 0 Å². The molecule has 0 heterocycles. The van der Waals surface area contributed by atoms with Gasteiger partial charge in [-0.3, -0.25) is 4.79 Å². The molecule has 0 N–H and O–H groups in total. The van der Waals surface area contributed by atoms with Crippen LogP contribution < -0.4 is 4.74 Å². The largest absolute Gasteiger partial charge is 0.488 e. The van der Waals surface area contributed by atoms with Crippen LogP contribution in [0.4, 0.5) is 4.39 Å². The Kier molecular flexibility index (Phi) is 4.55. The first-order valence-corrected chi connectivity index (χ1v) is 6.95. The van der Waals surface area contributed by atoms with Crippen molar-refractivity contribution in [2.45, 2.75) is 20.5 Å². The van der Waals surface area contributed by atoms with Gasteiger partial charge in [0.1, 0.15) is 18.2 Å². The first kappa shape index (κ1) is 14.7. The van der Waals surface area contributed by atoms with E-state index in [1.54, 1.807) is 24.3 Å². The molecule has 0 saturated carbocycles. The van der Waals surface area contributed by atoms with Gasteiger partial charge in [0, 0.05) is 5.56 Å². The Balaban J connectivity index is 2.23. The molecule has 0 saturated heterocycles. The third-order valence-corrected chi connectivity index (χ3v) is 3.82. The molecule has 0 unspecified atom stereocenters. The number of Topliss-reactive ketones (excluding diaryl/α,β-unsaturated/α-hetero) is 1. The van der Waals surface area contributed by atoms with E-state index in [4.69, 9.17) is 4.74 Å². The number of hydrogen-bond acceptors (Lipinski definition) is 2. The average molecular weight is 337 g/mol. The maximum Gasteiger partial charge on any atom is 0.163 e. The van der Waals surface area contributed by atoms with E-state index in [-0.39, 0.29) is 18.2 Å². The number of ketones is 1. The van der Waals surface area contributed by atoms with Crippen LogP contribution in [0.5, 0.6) is 5.75 Å². The second-order valence-corrected chi connectivity index (χ2v) is 5.35. The summed E-state index contributed by atoms with van der Waals surface area (Å²) in [6, 6.07) is 10.2. The lowest BCUT2D eigenvalue weighted by molar-refractivity contribution is 0.101. The molecule has 0 aliphatic rings. The lowest BCUT2D eigenvalue weighted by Gasteiger charge is -2.12. The molecule has 0 fully saturated rings. The van der Waals surface area contributed by atoms with Gasteiger partial charge < -0.3 is 4.74 Å². The van der Waals surface area contributed by atoms with Crippen LogP contribution in [-0.4, -0.2) is 5.78 Å². The number of rotatable bonds is 4. The van der Waals surface area contributed by atoms with Crippen molar-refractivity contribution < 1.29 is 13.9 Å². The molecule has 0 aliphatic heterocycles. The van der Waals surface area contributed by atoms with Crippen LogP contribution >= 0.6 is 15.9 Å². The third-order valence-electron chi connectivity index (χ3n) is 2.93. The molecule has 20 heavy (non-hydrogen) atoms. The van der Waals surface area contributed by atoms with Crippen LogP contribution in [0.25, 0.3) is 0 Å². The quantitative estimate of drug-likeness (QED) is 0.758. The second kappa shape index (κ2) is 6.18. The summed E-state index contributed by atoms with van der Waals surface area (Å²) >= 11 is 3.19. The summed E-state index contributed by atoms with van der Waals surface area (Å²) < 4.78 is 19.5. The summed E-state index contributed by atoms with van der Waals surface area (Å²) in [7, 11) is 0. The van der Waals surface area contributed by atoms with Gasteiger partial charge in [-0.1, -0.05) is 23.8 Å². The predicted molar refractivity (Wildman–Crippen MR) is 79.6 cm³/mol. The number of carbonyl (C=O) groups excluding carboxylic acids is 1. The summed E-state index contributed by atoms with van der Waals surface area (Å²) in [6.45, 7) is 3.61. The highest BCUT2D eigenvalue weighted by molar-refractivity contribution is 9.10. The molecule has 2 rings (SSSR count). The van der Waals surface area contributed by atoms with Gasteiger partial charge in [-0.15, -0.1) is 0 Å². The summed E-state index contributed by atoms with van der Waals surface area (Å²) in [6.07, 6.45) is 0. The van der Waals surface area contributed by atoms with Crippen LogP contribution in [-0.2, 0) is 6.61 Å². The van der Waals surface area contributed by atoms with Crippen LogP contribution in [0.2, 0.25) is 0 Å². The molecule has 0 spiro atoms. The minimum Gasteiger partial charge on any atom is -0.488 e. The molecule has 0 amide bonds. The second-order valence-electron chi connectivity index (χ2n) is 4.56. The molecule has 0 bridgehead atoms. The minimum absolute atomic E-state index is 0.0537. The van der Waals surface area contributed by atoms with Crippen molar-refractivity contribution in [2.24, 2.45) is 0 Å². The zero-order valence-electron chi connectivity index (χ0n) is 11.2. The zero-order valence-corrected chi connectivity index (χ0v) is 12.8. The highest BCUT2D eigenvalue weighted by Crippen LogP contribution is 2.25. The number of benzene rings is 2. The Bertz CT molecular complexity index is 653. The smallest absolute Gasteiger partial charge is 0.163 e. The molecular formula is C16H14BrFO2. The maximum atomic E-state index is 13.4. The molecule has 0 aromatic heterocycles. The zero-order chi connectivity index (χ0) is 14.7. The van der Waals surface area contributed by atoms with Gasteiger partial charge in [0.25, 0.3) is 0 Å². The van der Waals surface area contributed by atoms with Crippen molar-refractivity contribution >= 4 is 21.7 Å². The van der Waals surface area contributed by atoms with Crippen LogP contribution in [0.3, 0.4) is 0 Å². The molecular weight excluding hydrogens is 323 g/mol. The third kappa shape index (κ3) is 3.25. The van der Waals surface area contributed by atoms with E-state index < -0.39 is 0 Å². The van der Waals surface area contributed by atoms with Crippen molar-refractivity contribution in [1.29, 1.82) is 0 Å². The van der Waals surface area contributed by atoms with Gasteiger partial charge in [-0.25, -0.2) is 4.39 Å². The van der Waals surface area contributed by atoms with E-state index in [0.717, 1.165) is 5.56 Å². The Morgan fingerprint density at radius 2 is 2.05 bits per heavy atom. The lowest BCUT2D eigenvalue weighted by atomic mass is 10.1. The normalized spacial score (nSPS) is 10.4. The summed E-state index contributed by atoms with van der Waals surface area (Å²) in [4.78, 5) is 11.6. The fraction of sp³-hybridized carbons (Fsp3) is 0.188. The number of carbonyl (C=O) groups is 1. The Morgan fingerprint density at radius 3 is 2.75 bits per heavy atom. The van der Waals surface area contributed by atoms with Crippen molar-refractivity contribution in [1.82, 2.24) is 0 Å². The molecule has 2 aromatic carbocycles. The Hall–Kier alpha value is -1.68. The standard InChI is InChI=1S/C16H14BrFO2/c1-10-6-7-15(13(8-10)11(2)19)20-9-12-4-3-5-14(18)16(12)17/h3-8H,9H2,1-2H3. The summed E-state index contributed by atoms with van der Waals surface area (Å²) in [5, 5.41) is 0. The van der Waals surface area contributed by atoms with Gasteiger partial charge in [-0.2, -0.15) is 0 Å². The number of halogens is 2. The Labute approximate surface area is 125 Å². The molecule has 2 nitrogen and oxygen atoms in total. The van der Waals surface area contributed by atoms with E-state index >= 15 is 0 Å². The first-order valence-electron chi connectivity index (χ1n) is 6.16. The number of ether oxygens (including phenoxy) is 1. The van der Waals surface area contributed by atoms with Crippen molar-refractivity contribution in [3.05, 3.63) is 63.4 Å². The SMILES string of the molecule is CC(=O)c1cc(C)ccc1OCc1cccc(F)c1Br. The molecule has 0 aliphatic carbocycles. The van der Waals surface area contributed by atoms with Gasteiger partial charge in [0.05, 0.1) is 10.0 Å². The highest BCUT2D eigenvalue weighted by Gasteiger charge is 2.11. The Morgan fingerprint density at radius 1 is 1.30 bits per heavy atom. The lowest BCUT2D eigenvalue weighted by Crippen LogP contribution is -2.03. The fourth-order valence-electron chi connectivity index (χ4n) is 1.86. The molecule has 104 valence electrons. The molecule has 0 atom stereocenters. The van der Waals surface area contributed by atoms with Gasteiger partial charge in [0.2, 0.25) is 0 Å². The molecule has 2 aromatic rings. The van der Waals surface area contributed by atoms with E-state index in [0.29, 0.717) is 21.3 Å². The molecule has 4 heteroatoms. The van der Waals surface area contributed by atoms with E-state index in [9.17, 15) is 9.18 Å². The minimum atomic E-state index is -0.332. The van der Waals surface area contributed by atoms with E-state index in [2.05, 4.69) is 15.9 Å². The first-order chi connectivity index (χ1) is 9.49. The van der Waals surface area contributed by atoms with Gasteiger partial charge >= 0.3 is 0 Å². The average Bonchev–Trinajstić information content (AvgIpc) is 2.41. The highest BCUT2D eigenvalue weighted by atomic mass is 79.9. The number of aryl methyl sites for hydroxylation is 1. The van der Waals surface area contributed by atoms with Crippen LogP contribution in [0.1, 0.15) is 28.4 Å². The fourth-order valence-corrected chi connectivity index (χ4v) is 2.24. The summed E-state index contributed by atoms with van der Waals surface area (Å²) in [5.74, 6) is 0.128. The van der Waals surface area contributed by atoms with E-state index in [1.807, 2.05) is 13.0 Å². The van der Waals surface area contributed by atoms with Gasteiger partial charge in [-0.05, 0) is 48.0 Å². The predicted octanol–water partition coefficient (Wildman–Crippen LogP) is 4.68. The monoisotopic (exact) mass is 336 g/mol. The topological polar surface area (TPSA) is 26.3 Å². The van der Waals surface area contributed by atoms with Crippen molar-refractivity contribution in [3.8, 4) is 5.75 Å². The summed E-state index contributed by atoms with van der Waals surface area (Å²) in [5.41, 5.74) is 2.23. The number of hydrogen-bond donors (Lipinski definition) is 0. The maximum absolute atomic E-state index is 13.4. The van der Waals surface area contributed by atoms with Crippen LogP contribution in [0.15, 0.2) is 40.9 Å². The van der Waals surface area contributed by atoms with E-state index in [1.165, 1.54) is 13.0 Å². The van der Waals surface area contributed by atoms with Crippen LogP contribution in [0, 0.1) is 12.7 Å². The van der Waals surface area contributed by atoms with Gasteiger partial charge in [0.15, 0.2) is 5.78 Å². The van der Waals surface area contributed by atoms with Crippen molar-refractivity contribution in [3.63, 3.8) is 0 Å². The molecule has 0 radical (unpaired) electrons.